The first-order chi connectivity index (χ1) is 16.9. The molecule has 7 heteroatoms. The zero-order valence-corrected chi connectivity index (χ0v) is 20.9. The van der Waals surface area contributed by atoms with Crippen molar-refractivity contribution in [2.75, 3.05) is 4.90 Å². The van der Waals surface area contributed by atoms with Crippen LogP contribution >= 0.6 is 22.6 Å². The molecule has 6 rings (SSSR count). The molecule has 35 heavy (non-hydrogen) atoms. The number of fused-ring (bicyclic) bond motifs is 3. The van der Waals surface area contributed by atoms with Gasteiger partial charge in [0, 0.05) is 14.7 Å². The van der Waals surface area contributed by atoms with Gasteiger partial charge in [-0.1, -0.05) is 67.6 Å². The van der Waals surface area contributed by atoms with Crippen molar-refractivity contribution in [3.63, 3.8) is 0 Å². The summed E-state index contributed by atoms with van der Waals surface area (Å²) in [6.07, 6.45) is -0.0675. The van der Waals surface area contributed by atoms with E-state index < -0.39 is 46.9 Å². The second kappa shape index (κ2) is 7.93. The van der Waals surface area contributed by atoms with Crippen LogP contribution in [0, 0.1) is 15.4 Å². The van der Waals surface area contributed by atoms with Gasteiger partial charge in [0.2, 0.25) is 29.0 Å². The molecule has 0 saturated carbocycles. The Morgan fingerprint density at radius 1 is 0.829 bits per heavy atom. The van der Waals surface area contributed by atoms with Crippen molar-refractivity contribution in [1.29, 1.82) is 0 Å². The van der Waals surface area contributed by atoms with Gasteiger partial charge >= 0.3 is 0 Å². The van der Waals surface area contributed by atoms with Crippen LogP contribution in [-0.2, 0) is 20.7 Å². The minimum Gasteiger partial charge on any atom is -0.349 e. The van der Waals surface area contributed by atoms with Gasteiger partial charge in [-0.15, -0.1) is 0 Å². The third-order valence-corrected chi connectivity index (χ3v) is 8.24. The Labute approximate surface area is 215 Å². The summed E-state index contributed by atoms with van der Waals surface area (Å²) in [5.41, 5.74) is 0.620. The smallest absolute Gasteiger partial charge is 0.241 e. The zero-order chi connectivity index (χ0) is 24.5. The first-order valence-electron chi connectivity index (χ1n) is 11.5. The maximum atomic E-state index is 13.9. The van der Waals surface area contributed by atoms with Crippen molar-refractivity contribution in [2.45, 2.75) is 25.0 Å². The molecule has 2 saturated heterocycles. The van der Waals surface area contributed by atoms with Crippen molar-refractivity contribution in [1.82, 2.24) is 0 Å². The highest BCUT2D eigenvalue weighted by atomic mass is 127. The number of carbonyl (C=O) groups excluding carboxylic acids is 4. The predicted molar refractivity (Wildman–Crippen MR) is 136 cm³/mol. The van der Waals surface area contributed by atoms with Gasteiger partial charge in [0.15, 0.2) is 0 Å². The third-order valence-electron chi connectivity index (χ3n) is 7.33. The Balaban J connectivity index is 1.54. The van der Waals surface area contributed by atoms with Gasteiger partial charge in [-0.25, -0.2) is 4.90 Å². The molecule has 3 aromatic carbocycles. The van der Waals surface area contributed by atoms with Crippen LogP contribution in [-0.4, -0.2) is 29.0 Å². The molecular formula is C28H20INO5. The Hall–Kier alpha value is -3.17. The number of aryl methyl sites for hydroxylation is 1. The molecule has 2 fully saturated rings. The molecule has 0 bridgehead atoms. The van der Waals surface area contributed by atoms with Gasteiger partial charge in [0.25, 0.3) is 0 Å². The molecule has 3 aromatic rings. The summed E-state index contributed by atoms with van der Waals surface area (Å²) in [5, 5.41) is 0. The zero-order valence-electron chi connectivity index (χ0n) is 18.7. The van der Waals surface area contributed by atoms with Crippen molar-refractivity contribution in [2.24, 2.45) is 11.8 Å². The number of anilines is 1. The van der Waals surface area contributed by atoms with E-state index in [4.69, 9.17) is 4.74 Å². The van der Waals surface area contributed by atoms with Crippen LogP contribution in [0.15, 0.2) is 72.8 Å². The van der Waals surface area contributed by atoms with Crippen molar-refractivity contribution >= 4 is 51.7 Å². The molecule has 3 aliphatic rings. The number of halogens is 1. The number of carbonyl (C=O) groups is 4. The molecule has 0 radical (unpaired) electrons. The normalized spacial score (nSPS) is 24.4. The molecule has 0 unspecified atom stereocenters. The average Bonchev–Trinajstić information content (AvgIpc) is 3.45. The summed E-state index contributed by atoms with van der Waals surface area (Å²) in [5.74, 6) is -4.37. The van der Waals surface area contributed by atoms with E-state index >= 15 is 0 Å². The van der Waals surface area contributed by atoms with E-state index in [0.717, 1.165) is 20.5 Å². The van der Waals surface area contributed by atoms with Crippen molar-refractivity contribution < 1.29 is 23.9 Å². The largest absolute Gasteiger partial charge is 0.349 e. The maximum Gasteiger partial charge on any atom is 0.241 e. The van der Waals surface area contributed by atoms with E-state index in [1.807, 2.05) is 37.3 Å². The van der Waals surface area contributed by atoms with Crippen LogP contribution < -0.4 is 4.90 Å². The topological polar surface area (TPSA) is 80.8 Å². The molecule has 0 N–H and O–H groups in total. The van der Waals surface area contributed by atoms with Crippen LogP contribution in [0.4, 0.5) is 5.69 Å². The van der Waals surface area contributed by atoms with E-state index in [1.54, 1.807) is 42.5 Å². The maximum absolute atomic E-state index is 13.9. The van der Waals surface area contributed by atoms with Crippen molar-refractivity contribution in [3.05, 3.63) is 98.6 Å². The van der Waals surface area contributed by atoms with Gasteiger partial charge < -0.3 is 4.74 Å². The van der Waals surface area contributed by atoms with Gasteiger partial charge in [-0.3, -0.25) is 19.2 Å². The number of ketones is 2. The average molecular weight is 577 g/mol. The Kier molecular flexibility index (Phi) is 5.05. The Morgan fingerprint density at radius 3 is 2.03 bits per heavy atom. The van der Waals surface area contributed by atoms with Gasteiger partial charge in [-0.2, -0.15) is 0 Å². The predicted octanol–water partition coefficient (Wildman–Crippen LogP) is 4.55. The van der Waals surface area contributed by atoms with Crippen LogP contribution in [0.5, 0.6) is 0 Å². The number of rotatable bonds is 3. The monoisotopic (exact) mass is 577 g/mol. The number of hydrogen-bond acceptors (Lipinski definition) is 5. The summed E-state index contributed by atoms with van der Waals surface area (Å²) in [6.45, 7) is 2.04. The van der Waals surface area contributed by atoms with Crippen LogP contribution in [0.1, 0.15) is 44.9 Å². The highest BCUT2D eigenvalue weighted by Gasteiger charge is 2.74. The lowest BCUT2D eigenvalue weighted by Gasteiger charge is -2.27. The molecule has 2 aliphatic heterocycles. The molecule has 0 aromatic heterocycles. The standard InChI is InChI=1S/C28H20INO5/c1-2-15-11-13-16(14-12-15)23-21-22(27(34)30(26(21)33)20-10-6-5-9-19(20)29)28(35-23)24(31)17-7-3-4-8-18(17)25(28)32/h3-14,21-23H,2H2,1H3/t21-,22-,23+/m0/s1. The highest BCUT2D eigenvalue weighted by Crippen LogP contribution is 2.57. The fourth-order valence-corrected chi connectivity index (χ4v) is 6.26. The lowest BCUT2D eigenvalue weighted by atomic mass is 9.77. The SMILES string of the molecule is CCc1ccc([C@H]2OC3(C(=O)c4ccccc4C3=O)[C@@H]3C(=O)N(c4ccccc4I)C(=O)[C@H]23)cc1. The number of ether oxygens (including phenoxy) is 1. The molecule has 2 heterocycles. The van der Waals surface area contributed by atoms with Gasteiger partial charge in [-0.05, 0) is 52.3 Å². The summed E-state index contributed by atoms with van der Waals surface area (Å²) in [7, 11) is 0. The van der Waals surface area contributed by atoms with Crippen LogP contribution in [0.25, 0.3) is 0 Å². The van der Waals surface area contributed by atoms with E-state index in [1.165, 1.54) is 0 Å². The van der Waals surface area contributed by atoms with E-state index in [-0.39, 0.29) is 11.1 Å². The lowest BCUT2D eigenvalue weighted by molar-refractivity contribution is -0.127. The molecule has 3 atom stereocenters. The van der Waals surface area contributed by atoms with Crippen molar-refractivity contribution in [3.8, 4) is 0 Å². The minimum atomic E-state index is -2.05. The summed E-state index contributed by atoms with van der Waals surface area (Å²) in [4.78, 5) is 56.5. The summed E-state index contributed by atoms with van der Waals surface area (Å²) in [6, 6.07) is 21.2. The lowest BCUT2D eigenvalue weighted by Crippen LogP contribution is -2.51. The number of hydrogen-bond donors (Lipinski definition) is 0. The molecule has 1 aliphatic carbocycles. The fraction of sp³-hybridized carbons (Fsp3) is 0.214. The molecular weight excluding hydrogens is 557 g/mol. The minimum absolute atomic E-state index is 0.228. The number of Topliss-reactive ketones (excluding diaryl/α,β-unsaturated/α-hetero) is 2. The number of amides is 2. The molecule has 1 spiro atoms. The van der Waals surface area contributed by atoms with Crippen LogP contribution in [0.2, 0.25) is 0 Å². The molecule has 174 valence electrons. The second-order valence-corrected chi connectivity index (χ2v) is 10.2. The van der Waals surface area contributed by atoms with Gasteiger partial charge in [0.05, 0.1) is 23.6 Å². The first kappa shape index (κ1) is 22.3. The molecule has 2 amide bonds. The Morgan fingerprint density at radius 2 is 1.43 bits per heavy atom. The highest BCUT2D eigenvalue weighted by molar-refractivity contribution is 14.1. The third kappa shape index (κ3) is 2.91. The number of imide groups is 1. The number of benzene rings is 3. The quantitative estimate of drug-likeness (QED) is 0.259. The summed E-state index contributed by atoms with van der Waals surface area (Å²) < 4.78 is 7.05. The van der Waals surface area contributed by atoms with E-state index in [2.05, 4.69) is 22.6 Å². The Bertz CT molecular complexity index is 1390. The molecule has 6 nitrogen and oxygen atoms in total. The van der Waals surface area contributed by atoms with E-state index in [9.17, 15) is 19.2 Å². The van der Waals surface area contributed by atoms with Gasteiger partial charge in [0.1, 0.15) is 0 Å². The second-order valence-electron chi connectivity index (χ2n) is 9.04. The van der Waals surface area contributed by atoms with E-state index in [0.29, 0.717) is 11.3 Å². The fourth-order valence-electron chi connectivity index (χ4n) is 5.63. The number of nitrogens with zero attached hydrogens (tertiary/aromatic N) is 1. The summed E-state index contributed by atoms with van der Waals surface area (Å²) >= 11 is 2.08. The van der Waals surface area contributed by atoms with Crippen LogP contribution in [0.3, 0.4) is 0 Å². The number of para-hydroxylation sites is 1. The first-order valence-corrected chi connectivity index (χ1v) is 12.6.